The van der Waals surface area contributed by atoms with Gasteiger partial charge in [0.1, 0.15) is 5.54 Å². The number of hydrogen-bond donors (Lipinski definition) is 1. The maximum absolute atomic E-state index is 11.7. The molecule has 1 aliphatic rings. The molecule has 1 fully saturated rings. The molecule has 100 valence electrons. The Bertz CT molecular complexity index is 284. The molecule has 0 saturated heterocycles. The van der Waals surface area contributed by atoms with Gasteiger partial charge in [-0.1, -0.05) is 20.8 Å². The number of hydrogen-bond acceptors (Lipinski definition) is 3. The predicted molar refractivity (Wildman–Crippen MR) is 69.8 cm³/mol. The van der Waals surface area contributed by atoms with E-state index in [1.54, 1.807) is 0 Å². The van der Waals surface area contributed by atoms with Gasteiger partial charge in [0.25, 0.3) is 0 Å². The van der Waals surface area contributed by atoms with E-state index in [-0.39, 0.29) is 5.97 Å². The van der Waals surface area contributed by atoms with Crippen molar-refractivity contribution in [3.05, 3.63) is 0 Å². The fourth-order valence-corrected chi connectivity index (χ4v) is 2.94. The SMILES string of the molecule is COC(=O)C(C)(C)NC1CCC(C)(C)CC1C. The first-order valence-electron chi connectivity index (χ1n) is 6.54. The van der Waals surface area contributed by atoms with E-state index in [1.165, 1.54) is 20.0 Å². The molecule has 1 rings (SSSR count). The molecule has 0 aromatic carbocycles. The molecule has 3 nitrogen and oxygen atoms in total. The topological polar surface area (TPSA) is 38.3 Å². The Morgan fingerprint density at radius 3 is 2.47 bits per heavy atom. The van der Waals surface area contributed by atoms with Crippen LogP contribution in [-0.2, 0) is 9.53 Å². The summed E-state index contributed by atoms with van der Waals surface area (Å²) in [6, 6.07) is 0.414. The van der Waals surface area contributed by atoms with Gasteiger partial charge in [0.15, 0.2) is 0 Å². The first kappa shape index (κ1) is 14.5. The second-order valence-electron chi connectivity index (χ2n) is 6.75. The van der Waals surface area contributed by atoms with Gasteiger partial charge in [0, 0.05) is 6.04 Å². The van der Waals surface area contributed by atoms with Crippen LogP contribution >= 0.6 is 0 Å². The van der Waals surface area contributed by atoms with Crippen molar-refractivity contribution in [3.63, 3.8) is 0 Å². The van der Waals surface area contributed by atoms with Crippen molar-refractivity contribution in [2.24, 2.45) is 11.3 Å². The van der Waals surface area contributed by atoms with E-state index in [0.29, 0.717) is 17.4 Å². The van der Waals surface area contributed by atoms with E-state index in [4.69, 9.17) is 4.74 Å². The van der Waals surface area contributed by atoms with E-state index >= 15 is 0 Å². The van der Waals surface area contributed by atoms with Crippen molar-refractivity contribution in [1.29, 1.82) is 0 Å². The van der Waals surface area contributed by atoms with Crippen LogP contribution in [0.15, 0.2) is 0 Å². The zero-order valence-electron chi connectivity index (χ0n) is 12.1. The second kappa shape index (κ2) is 4.97. The standard InChI is InChI=1S/C14H27NO2/c1-10-9-13(2,3)8-7-11(10)15-14(4,5)12(16)17-6/h10-11,15H,7-9H2,1-6H3. The van der Waals surface area contributed by atoms with Gasteiger partial charge in [0.2, 0.25) is 0 Å². The molecule has 1 N–H and O–H groups in total. The molecule has 0 bridgehead atoms. The fraction of sp³-hybridized carbons (Fsp3) is 0.929. The Hall–Kier alpha value is -0.570. The molecule has 0 amide bonds. The van der Waals surface area contributed by atoms with Crippen molar-refractivity contribution in [2.75, 3.05) is 7.11 Å². The van der Waals surface area contributed by atoms with Crippen molar-refractivity contribution in [1.82, 2.24) is 5.32 Å². The Kier molecular flexibility index (Phi) is 4.23. The third-order valence-corrected chi connectivity index (χ3v) is 3.94. The van der Waals surface area contributed by atoms with Crippen molar-refractivity contribution in [2.45, 2.75) is 65.5 Å². The van der Waals surface area contributed by atoms with E-state index in [0.717, 1.165) is 6.42 Å². The lowest BCUT2D eigenvalue weighted by atomic mass is 9.70. The van der Waals surface area contributed by atoms with Crippen molar-refractivity contribution >= 4 is 5.97 Å². The van der Waals surface area contributed by atoms with Crippen molar-refractivity contribution < 1.29 is 9.53 Å². The van der Waals surface area contributed by atoms with E-state index in [1.807, 2.05) is 13.8 Å². The van der Waals surface area contributed by atoms with Gasteiger partial charge in [-0.15, -0.1) is 0 Å². The summed E-state index contributed by atoms with van der Waals surface area (Å²) in [5.41, 5.74) is -0.151. The Morgan fingerprint density at radius 2 is 2.00 bits per heavy atom. The largest absolute Gasteiger partial charge is 0.468 e. The summed E-state index contributed by atoms with van der Waals surface area (Å²) in [5, 5.41) is 3.46. The highest BCUT2D eigenvalue weighted by Gasteiger charge is 2.37. The molecular formula is C14H27NO2. The lowest BCUT2D eigenvalue weighted by Gasteiger charge is -2.42. The predicted octanol–water partition coefficient (Wildman–Crippen LogP) is 2.74. The van der Waals surface area contributed by atoms with Crippen molar-refractivity contribution in [3.8, 4) is 0 Å². The molecule has 0 heterocycles. The van der Waals surface area contributed by atoms with Crippen LogP contribution < -0.4 is 5.32 Å². The number of rotatable bonds is 3. The number of esters is 1. The molecule has 0 spiro atoms. The number of methoxy groups -OCH3 is 1. The molecular weight excluding hydrogens is 214 g/mol. The number of ether oxygens (including phenoxy) is 1. The average Bonchev–Trinajstić information content (AvgIpc) is 2.20. The third kappa shape index (κ3) is 3.70. The molecule has 1 aliphatic carbocycles. The smallest absolute Gasteiger partial charge is 0.325 e. The van der Waals surface area contributed by atoms with Crippen LogP contribution in [0.4, 0.5) is 0 Å². The normalized spacial score (nSPS) is 28.8. The minimum atomic E-state index is -0.588. The van der Waals surface area contributed by atoms with Crippen LogP contribution in [0.2, 0.25) is 0 Å². The lowest BCUT2D eigenvalue weighted by Crippen LogP contribution is -2.55. The summed E-state index contributed by atoms with van der Waals surface area (Å²) in [6.07, 6.45) is 3.56. The molecule has 0 aromatic heterocycles. The van der Waals surface area contributed by atoms with E-state index in [9.17, 15) is 4.79 Å². The van der Waals surface area contributed by atoms with Gasteiger partial charge in [-0.3, -0.25) is 10.1 Å². The summed E-state index contributed by atoms with van der Waals surface area (Å²) < 4.78 is 4.83. The van der Waals surface area contributed by atoms with Crippen LogP contribution in [0.3, 0.4) is 0 Å². The van der Waals surface area contributed by atoms with Gasteiger partial charge < -0.3 is 4.74 Å². The minimum Gasteiger partial charge on any atom is -0.468 e. The molecule has 3 heteroatoms. The summed E-state index contributed by atoms with van der Waals surface area (Å²) >= 11 is 0. The zero-order valence-corrected chi connectivity index (χ0v) is 12.1. The molecule has 2 unspecified atom stereocenters. The quantitative estimate of drug-likeness (QED) is 0.772. The third-order valence-electron chi connectivity index (χ3n) is 3.94. The molecule has 1 saturated carbocycles. The van der Waals surface area contributed by atoms with Gasteiger partial charge in [-0.05, 0) is 44.4 Å². The van der Waals surface area contributed by atoms with Gasteiger partial charge in [0.05, 0.1) is 7.11 Å². The fourth-order valence-electron chi connectivity index (χ4n) is 2.94. The van der Waals surface area contributed by atoms with Crippen LogP contribution in [0.5, 0.6) is 0 Å². The maximum Gasteiger partial charge on any atom is 0.325 e. The van der Waals surface area contributed by atoms with Gasteiger partial charge in [-0.25, -0.2) is 0 Å². The summed E-state index contributed by atoms with van der Waals surface area (Å²) in [5.74, 6) is 0.414. The highest BCUT2D eigenvalue weighted by Crippen LogP contribution is 2.39. The molecule has 0 aliphatic heterocycles. The van der Waals surface area contributed by atoms with E-state index in [2.05, 4.69) is 26.1 Å². The highest BCUT2D eigenvalue weighted by atomic mass is 16.5. The van der Waals surface area contributed by atoms with Gasteiger partial charge in [-0.2, -0.15) is 0 Å². The molecule has 0 aromatic rings. The Balaban J connectivity index is 2.61. The first-order chi connectivity index (χ1) is 7.68. The maximum atomic E-state index is 11.7. The molecule has 2 atom stereocenters. The average molecular weight is 241 g/mol. The van der Waals surface area contributed by atoms with Crippen LogP contribution in [0.1, 0.15) is 53.9 Å². The summed E-state index contributed by atoms with van der Waals surface area (Å²) in [4.78, 5) is 11.7. The number of carbonyl (C=O) groups is 1. The van der Waals surface area contributed by atoms with Crippen LogP contribution in [-0.4, -0.2) is 24.7 Å². The second-order valence-corrected chi connectivity index (χ2v) is 6.75. The van der Waals surface area contributed by atoms with Crippen LogP contribution in [0, 0.1) is 11.3 Å². The Morgan fingerprint density at radius 1 is 1.41 bits per heavy atom. The minimum absolute atomic E-state index is 0.186. The van der Waals surface area contributed by atoms with Crippen LogP contribution in [0.25, 0.3) is 0 Å². The summed E-state index contributed by atoms with van der Waals surface area (Å²) in [7, 11) is 1.44. The zero-order chi connectivity index (χ0) is 13.3. The Labute approximate surface area is 105 Å². The number of nitrogens with one attached hydrogen (secondary N) is 1. The molecule has 17 heavy (non-hydrogen) atoms. The highest BCUT2D eigenvalue weighted by molar-refractivity contribution is 5.79. The summed E-state index contributed by atoms with van der Waals surface area (Å²) in [6.45, 7) is 10.7. The lowest BCUT2D eigenvalue weighted by molar-refractivity contribution is -0.147. The number of carbonyl (C=O) groups excluding carboxylic acids is 1. The first-order valence-corrected chi connectivity index (χ1v) is 6.54. The van der Waals surface area contributed by atoms with Gasteiger partial charge >= 0.3 is 5.97 Å². The molecule has 0 radical (unpaired) electrons. The monoisotopic (exact) mass is 241 g/mol. The van der Waals surface area contributed by atoms with E-state index < -0.39 is 5.54 Å².